The number of ether oxygens (including phenoxy) is 1. The summed E-state index contributed by atoms with van der Waals surface area (Å²) in [5, 5.41) is 11.3. The van der Waals surface area contributed by atoms with E-state index in [1.807, 2.05) is 27.7 Å². The number of halogens is 3. The highest BCUT2D eigenvalue weighted by Crippen LogP contribution is 2.42. The molecule has 1 N–H and O–H groups in total. The summed E-state index contributed by atoms with van der Waals surface area (Å²) < 4.78 is 55.8. The molecule has 1 heterocycles. The summed E-state index contributed by atoms with van der Waals surface area (Å²) >= 11 is 0. The van der Waals surface area contributed by atoms with E-state index in [4.69, 9.17) is 14.0 Å². The van der Waals surface area contributed by atoms with Gasteiger partial charge >= 0.3 is 19.3 Å². The fraction of sp³-hybridized carbons (Fsp3) is 0.650. The molecule has 2 rings (SSSR count). The quantitative estimate of drug-likeness (QED) is 0.585. The van der Waals surface area contributed by atoms with Gasteiger partial charge in [-0.2, -0.15) is 13.2 Å². The minimum atomic E-state index is -4.53. The summed E-state index contributed by atoms with van der Waals surface area (Å²) in [6, 6.07) is 3.76. The molecule has 1 aromatic rings. The Hall–Kier alpha value is -1.58. The van der Waals surface area contributed by atoms with Crippen LogP contribution in [-0.4, -0.2) is 35.0 Å². The summed E-state index contributed by atoms with van der Waals surface area (Å²) in [6.45, 7) is 12.2. The van der Waals surface area contributed by atoms with Crippen molar-refractivity contribution in [3.8, 4) is 0 Å². The van der Waals surface area contributed by atoms with Gasteiger partial charge in [0.15, 0.2) is 5.60 Å². The first-order valence-corrected chi connectivity index (χ1v) is 9.37. The summed E-state index contributed by atoms with van der Waals surface area (Å²) in [6.07, 6.45) is -4.87. The first-order chi connectivity index (χ1) is 12.9. The van der Waals surface area contributed by atoms with Crippen LogP contribution in [0.25, 0.3) is 0 Å². The van der Waals surface area contributed by atoms with Crippen molar-refractivity contribution in [2.75, 3.05) is 0 Å². The number of alkyl halides is 3. The van der Waals surface area contributed by atoms with Crippen LogP contribution < -0.4 is 0 Å². The molecule has 0 saturated carbocycles. The van der Waals surface area contributed by atoms with E-state index < -0.39 is 47.2 Å². The van der Waals surface area contributed by atoms with Gasteiger partial charge in [-0.25, -0.2) is 4.79 Å². The number of esters is 1. The van der Waals surface area contributed by atoms with Gasteiger partial charge in [-0.05, 0) is 66.2 Å². The highest BCUT2D eigenvalue weighted by Gasteiger charge is 2.55. The van der Waals surface area contributed by atoms with Gasteiger partial charge < -0.3 is 19.2 Å². The number of aliphatic hydroxyl groups is 1. The minimum absolute atomic E-state index is 0.0329. The Bertz CT molecular complexity index is 737. The first kappa shape index (κ1) is 23.7. The molecule has 0 spiro atoms. The molecule has 1 aliphatic rings. The molecular formula is C20H28BF3O5. The lowest BCUT2D eigenvalue weighted by atomic mass is 9.71. The van der Waals surface area contributed by atoms with Crippen LogP contribution in [0.2, 0.25) is 6.32 Å². The van der Waals surface area contributed by atoms with E-state index >= 15 is 0 Å². The Morgan fingerprint density at radius 2 is 1.41 bits per heavy atom. The Labute approximate surface area is 169 Å². The number of carbonyl (C=O) groups is 1. The van der Waals surface area contributed by atoms with Crippen LogP contribution in [0.3, 0.4) is 0 Å². The fourth-order valence-electron chi connectivity index (χ4n) is 2.91. The maximum absolute atomic E-state index is 12.9. The van der Waals surface area contributed by atoms with Gasteiger partial charge in [-0.3, -0.25) is 0 Å². The lowest BCUT2D eigenvalue weighted by molar-refractivity contribution is -0.177. The molecule has 0 aromatic heterocycles. The number of benzene rings is 1. The van der Waals surface area contributed by atoms with Crippen LogP contribution in [0.1, 0.15) is 59.6 Å². The van der Waals surface area contributed by atoms with Gasteiger partial charge in [-0.1, -0.05) is 12.1 Å². The molecule has 0 unspecified atom stereocenters. The summed E-state index contributed by atoms with van der Waals surface area (Å²) in [5.74, 6) is -0.987. The Balaban J connectivity index is 2.41. The number of hydrogen-bond acceptors (Lipinski definition) is 5. The molecule has 0 bridgehead atoms. The lowest BCUT2D eigenvalue weighted by Crippen LogP contribution is -2.44. The zero-order valence-corrected chi connectivity index (χ0v) is 17.8. The van der Waals surface area contributed by atoms with E-state index in [2.05, 4.69) is 0 Å². The van der Waals surface area contributed by atoms with E-state index in [1.54, 1.807) is 20.8 Å². The zero-order chi connectivity index (χ0) is 22.5. The van der Waals surface area contributed by atoms with Crippen LogP contribution in [0.5, 0.6) is 0 Å². The van der Waals surface area contributed by atoms with Crippen molar-refractivity contribution in [1.29, 1.82) is 0 Å². The molecule has 1 aliphatic heterocycles. The predicted molar refractivity (Wildman–Crippen MR) is 102 cm³/mol. The second-order valence-corrected chi connectivity index (χ2v) is 9.33. The summed E-state index contributed by atoms with van der Waals surface area (Å²) in [4.78, 5) is 12.9. The van der Waals surface area contributed by atoms with Gasteiger partial charge in [0.05, 0.1) is 16.8 Å². The molecule has 1 aromatic carbocycles. The molecule has 162 valence electrons. The van der Waals surface area contributed by atoms with E-state index in [0.717, 1.165) is 24.3 Å². The average molecular weight is 416 g/mol. The molecule has 5 nitrogen and oxygen atoms in total. The number of hydrogen-bond donors (Lipinski definition) is 1. The van der Waals surface area contributed by atoms with Gasteiger partial charge in [-0.15, -0.1) is 0 Å². The van der Waals surface area contributed by atoms with E-state index in [-0.39, 0.29) is 11.9 Å². The molecule has 1 fully saturated rings. The first-order valence-electron chi connectivity index (χ1n) is 9.37. The Morgan fingerprint density at radius 1 is 1.00 bits per heavy atom. The molecular weight excluding hydrogens is 388 g/mol. The van der Waals surface area contributed by atoms with Crippen molar-refractivity contribution in [3.05, 3.63) is 35.4 Å². The Morgan fingerprint density at radius 3 is 1.79 bits per heavy atom. The summed E-state index contributed by atoms with van der Waals surface area (Å²) in [7, 11) is -0.959. The van der Waals surface area contributed by atoms with Crippen LogP contribution in [-0.2, 0) is 30.6 Å². The van der Waals surface area contributed by atoms with Crippen molar-refractivity contribution in [3.63, 3.8) is 0 Å². The normalized spacial score (nSPS) is 21.0. The topological polar surface area (TPSA) is 65.0 Å². The van der Waals surface area contributed by atoms with Crippen molar-refractivity contribution in [2.24, 2.45) is 0 Å². The third-order valence-corrected chi connectivity index (χ3v) is 5.19. The fourth-order valence-corrected chi connectivity index (χ4v) is 2.91. The van der Waals surface area contributed by atoms with Gasteiger partial charge in [0.25, 0.3) is 0 Å². The summed E-state index contributed by atoms with van der Waals surface area (Å²) in [5.41, 5.74) is -5.48. The molecule has 1 atom stereocenters. The standard InChI is InChI=1S/C20H28BF3O5/c1-16(2,3)27-15(25)19(26,12-21-28-17(4,5)18(6,7)29-21)13-8-10-14(11-9-13)20(22,23)24/h8-11,26H,12H2,1-7H3/t19-/m1/s1. The Kier molecular flexibility index (Phi) is 5.95. The second-order valence-electron chi connectivity index (χ2n) is 9.33. The smallest absolute Gasteiger partial charge is 0.458 e. The molecule has 9 heteroatoms. The maximum atomic E-state index is 12.9. The van der Waals surface area contributed by atoms with Crippen molar-refractivity contribution >= 4 is 13.1 Å². The maximum Gasteiger partial charge on any atom is 0.461 e. The zero-order valence-electron chi connectivity index (χ0n) is 17.8. The average Bonchev–Trinajstić information content (AvgIpc) is 2.71. The van der Waals surface area contributed by atoms with Gasteiger partial charge in [0, 0.05) is 6.32 Å². The van der Waals surface area contributed by atoms with Crippen molar-refractivity contribution in [1.82, 2.24) is 0 Å². The molecule has 1 saturated heterocycles. The van der Waals surface area contributed by atoms with E-state index in [9.17, 15) is 23.1 Å². The molecule has 0 radical (unpaired) electrons. The highest BCUT2D eigenvalue weighted by atomic mass is 19.4. The third kappa shape index (κ3) is 5.13. The monoisotopic (exact) mass is 416 g/mol. The van der Waals surface area contributed by atoms with Crippen molar-refractivity contribution < 1.29 is 37.1 Å². The minimum Gasteiger partial charge on any atom is -0.458 e. The van der Waals surface area contributed by atoms with E-state index in [1.165, 1.54) is 0 Å². The molecule has 29 heavy (non-hydrogen) atoms. The molecule has 0 amide bonds. The number of carbonyl (C=O) groups excluding carboxylic acids is 1. The van der Waals surface area contributed by atoms with E-state index in [0.29, 0.717) is 0 Å². The number of rotatable bonds is 4. The predicted octanol–water partition coefficient (Wildman–Crippen LogP) is 4.33. The highest BCUT2D eigenvalue weighted by molar-refractivity contribution is 6.46. The van der Waals surface area contributed by atoms with Gasteiger partial charge in [0.2, 0.25) is 0 Å². The molecule has 0 aliphatic carbocycles. The SMILES string of the molecule is CC(C)(C)OC(=O)[C@@](O)(CB1OC(C)(C)C(C)(C)O1)c1ccc(C(F)(F)F)cc1. The van der Waals surface area contributed by atoms with Crippen molar-refractivity contribution in [2.45, 2.75) is 83.4 Å². The largest absolute Gasteiger partial charge is 0.461 e. The lowest BCUT2D eigenvalue weighted by Gasteiger charge is -2.32. The van der Waals surface area contributed by atoms with Crippen LogP contribution >= 0.6 is 0 Å². The van der Waals surface area contributed by atoms with Crippen LogP contribution in [0.4, 0.5) is 13.2 Å². The third-order valence-electron chi connectivity index (χ3n) is 5.19. The van der Waals surface area contributed by atoms with Crippen LogP contribution in [0, 0.1) is 0 Å². The second kappa shape index (κ2) is 7.28. The van der Waals surface area contributed by atoms with Gasteiger partial charge in [0.1, 0.15) is 5.60 Å². The van der Waals surface area contributed by atoms with Crippen LogP contribution in [0.15, 0.2) is 24.3 Å².